The van der Waals surface area contributed by atoms with Crippen LogP contribution in [0.3, 0.4) is 0 Å². The summed E-state index contributed by atoms with van der Waals surface area (Å²) in [5.41, 5.74) is 0.592. The third kappa shape index (κ3) is 1.72. The molecule has 5 fully saturated rings. The second-order valence-electron chi connectivity index (χ2n) is 8.66. The summed E-state index contributed by atoms with van der Waals surface area (Å²) >= 11 is 0. The molecule has 0 radical (unpaired) electrons. The first kappa shape index (κ1) is 13.2. The van der Waals surface area contributed by atoms with Gasteiger partial charge in [-0.25, -0.2) is 0 Å². The Hall–Kier alpha value is -0.530. The van der Waals surface area contributed by atoms with Crippen molar-refractivity contribution >= 4 is 5.91 Å². The van der Waals surface area contributed by atoms with Crippen molar-refractivity contribution < 1.29 is 4.79 Å². The van der Waals surface area contributed by atoms with Gasteiger partial charge in [0.15, 0.2) is 0 Å². The Labute approximate surface area is 123 Å². The number of hydrogen-bond donors (Lipinski definition) is 0. The Morgan fingerprint density at radius 1 is 1.10 bits per heavy atom. The van der Waals surface area contributed by atoms with Crippen LogP contribution in [-0.4, -0.2) is 23.9 Å². The molecule has 2 heteroatoms. The standard InChI is InChI=1S/C18H29NO/c1-3-17(2)4-6-19(7-5-17)16(20)18-11-13-8-14(12-18)10-15(18)9-13/h13-15H,3-12H2,1-2H3. The van der Waals surface area contributed by atoms with Crippen LogP contribution in [0.5, 0.6) is 0 Å². The van der Waals surface area contributed by atoms with Crippen LogP contribution < -0.4 is 0 Å². The molecule has 2 atom stereocenters. The fraction of sp³-hybridized carbons (Fsp3) is 0.944. The quantitative estimate of drug-likeness (QED) is 0.749. The van der Waals surface area contributed by atoms with Crippen molar-refractivity contribution in [2.75, 3.05) is 13.1 Å². The van der Waals surface area contributed by atoms with Crippen molar-refractivity contribution in [1.29, 1.82) is 0 Å². The third-order valence-corrected chi connectivity index (χ3v) is 7.53. The number of piperidine rings is 1. The van der Waals surface area contributed by atoms with Gasteiger partial charge in [0.1, 0.15) is 0 Å². The van der Waals surface area contributed by atoms with Crippen LogP contribution in [0.25, 0.3) is 0 Å². The Bertz CT molecular complexity index is 407. The van der Waals surface area contributed by atoms with E-state index in [4.69, 9.17) is 0 Å². The van der Waals surface area contributed by atoms with Gasteiger partial charge in [-0.3, -0.25) is 4.79 Å². The number of carbonyl (C=O) groups is 1. The molecule has 2 unspecified atom stereocenters. The average molecular weight is 275 g/mol. The molecule has 4 saturated carbocycles. The molecule has 20 heavy (non-hydrogen) atoms. The number of rotatable bonds is 2. The van der Waals surface area contributed by atoms with Crippen LogP contribution in [0, 0.1) is 28.6 Å². The maximum atomic E-state index is 13.2. The van der Waals surface area contributed by atoms with E-state index < -0.39 is 0 Å². The smallest absolute Gasteiger partial charge is 0.229 e. The molecule has 2 nitrogen and oxygen atoms in total. The molecule has 1 aliphatic heterocycles. The third-order valence-electron chi connectivity index (χ3n) is 7.53. The van der Waals surface area contributed by atoms with Crippen LogP contribution in [0.15, 0.2) is 0 Å². The topological polar surface area (TPSA) is 20.3 Å². The minimum absolute atomic E-state index is 0.105. The van der Waals surface area contributed by atoms with Crippen molar-refractivity contribution in [1.82, 2.24) is 4.90 Å². The monoisotopic (exact) mass is 275 g/mol. The first-order chi connectivity index (χ1) is 9.55. The Morgan fingerprint density at radius 3 is 2.25 bits per heavy atom. The normalized spacial score (nSPS) is 45.1. The molecule has 112 valence electrons. The summed E-state index contributed by atoms with van der Waals surface area (Å²) < 4.78 is 0. The van der Waals surface area contributed by atoms with Gasteiger partial charge in [0, 0.05) is 13.1 Å². The summed E-state index contributed by atoms with van der Waals surface area (Å²) in [6, 6.07) is 0. The lowest BCUT2D eigenvalue weighted by molar-refractivity contribution is -0.146. The molecular formula is C18H29NO. The number of carbonyl (C=O) groups excluding carboxylic acids is 1. The maximum Gasteiger partial charge on any atom is 0.229 e. The number of amides is 1. The van der Waals surface area contributed by atoms with Gasteiger partial charge in [-0.05, 0) is 68.1 Å². The molecule has 0 N–H and O–H groups in total. The van der Waals surface area contributed by atoms with E-state index in [1.165, 1.54) is 51.4 Å². The van der Waals surface area contributed by atoms with Crippen LogP contribution in [-0.2, 0) is 4.79 Å². The minimum Gasteiger partial charge on any atom is -0.342 e. The van der Waals surface area contributed by atoms with Crippen LogP contribution in [0.1, 0.15) is 65.2 Å². The van der Waals surface area contributed by atoms with Crippen molar-refractivity contribution in [2.24, 2.45) is 28.6 Å². The van der Waals surface area contributed by atoms with E-state index in [-0.39, 0.29) is 5.41 Å². The minimum atomic E-state index is 0.105. The Morgan fingerprint density at radius 2 is 1.70 bits per heavy atom. The molecule has 1 heterocycles. The van der Waals surface area contributed by atoms with Gasteiger partial charge in [-0.2, -0.15) is 0 Å². The highest BCUT2D eigenvalue weighted by atomic mass is 16.2. The maximum absolute atomic E-state index is 13.2. The fourth-order valence-corrected chi connectivity index (χ4v) is 6.06. The first-order valence-corrected chi connectivity index (χ1v) is 8.84. The molecular weight excluding hydrogens is 246 g/mol. The lowest BCUT2D eigenvalue weighted by Crippen LogP contribution is -2.49. The van der Waals surface area contributed by atoms with E-state index in [1.54, 1.807) is 0 Å². The van der Waals surface area contributed by atoms with Gasteiger partial charge in [0.05, 0.1) is 5.41 Å². The van der Waals surface area contributed by atoms with Gasteiger partial charge in [-0.1, -0.05) is 20.3 Å². The Kier molecular flexibility index (Phi) is 2.79. The van der Waals surface area contributed by atoms with E-state index in [1.807, 2.05) is 0 Å². The number of nitrogens with zero attached hydrogens (tertiary/aromatic N) is 1. The van der Waals surface area contributed by atoms with Gasteiger partial charge >= 0.3 is 0 Å². The van der Waals surface area contributed by atoms with Gasteiger partial charge in [-0.15, -0.1) is 0 Å². The first-order valence-electron chi connectivity index (χ1n) is 8.84. The van der Waals surface area contributed by atoms with Crippen molar-refractivity contribution in [3.05, 3.63) is 0 Å². The largest absolute Gasteiger partial charge is 0.342 e. The highest BCUT2D eigenvalue weighted by Crippen LogP contribution is 2.66. The van der Waals surface area contributed by atoms with Gasteiger partial charge in [0.25, 0.3) is 0 Å². The van der Waals surface area contributed by atoms with Crippen molar-refractivity contribution in [3.63, 3.8) is 0 Å². The molecule has 0 aromatic carbocycles. The van der Waals surface area contributed by atoms with Gasteiger partial charge < -0.3 is 4.90 Å². The summed E-state index contributed by atoms with van der Waals surface area (Å²) in [6.07, 6.45) is 10.3. The summed E-state index contributed by atoms with van der Waals surface area (Å²) in [5, 5.41) is 0. The molecule has 4 aliphatic carbocycles. The zero-order valence-electron chi connectivity index (χ0n) is 13.2. The zero-order valence-corrected chi connectivity index (χ0v) is 13.2. The summed E-state index contributed by atoms with van der Waals surface area (Å²) in [6.45, 7) is 6.74. The van der Waals surface area contributed by atoms with Crippen molar-refractivity contribution in [2.45, 2.75) is 65.2 Å². The number of hydrogen-bond acceptors (Lipinski definition) is 1. The predicted octanol–water partition coefficient (Wildman–Crippen LogP) is 3.85. The highest BCUT2D eigenvalue weighted by molar-refractivity contribution is 5.84. The van der Waals surface area contributed by atoms with Crippen LogP contribution in [0.2, 0.25) is 0 Å². The molecule has 0 aromatic heterocycles. The lowest BCUT2D eigenvalue weighted by Gasteiger charge is -2.43. The molecule has 0 aromatic rings. The van der Waals surface area contributed by atoms with E-state index in [0.29, 0.717) is 11.3 Å². The van der Waals surface area contributed by atoms with E-state index in [2.05, 4.69) is 18.7 Å². The van der Waals surface area contributed by atoms with Gasteiger partial charge in [0.2, 0.25) is 5.91 Å². The molecule has 1 saturated heterocycles. The second kappa shape index (κ2) is 4.24. The van der Waals surface area contributed by atoms with E-state index in [0.717, 1.165) is 30.8 Å². The Balaban J connectivity index is 1.49. The molecule has 0 spiro atoms. The van der Waals surface area contributed by atoms with E-state index in [9.17, 15) is 4.79 Å². The van der Waals surface area contributed by atoms with Crippen LogP contribution in [0.4, 0.5) is 0 Å². The lowest BCUT2D eigenvalue weighted by atomic mass is 9.73. The highest BCUT2D eigenvalue weighted by Gasteiger charge is 2.62. The second-order valence-corrected chi connectivity index (χ2v) is 8.66. The summed E-state index contributed by atoms with van der Waals surface area (Å²) in [5.74, 6) is 3.09. The SMILES string of the molecule is CCC1(C)CCN(C(=O)C23CC4CC(CC2C4)C3)CC1. The molecule has 5 rings (SSSR count). The van der Waals surface area contributed by atoms with E-state index >= 15 is 0 Å². The fourth-order valence-electron chi connectivity index (χ4n) is 6.06. The summed E-state index contributed by atoms with van der Waals surface area (Å²) in [4.78, 5) is 15.4. The molecule has 5 aliphatic rings. The molecule has 4 bridgehead atoms. The van der Waals surface area contributed by atoms with Crippen molar-refractivity contribution in [3.8, 4) is 0 Å². The predicted molar refractivity (Wildman–Crippen MR) is 80.2 cm³/mol. The molecule has 1 amide bonds. The zero-order chi connectivity index (χ0) is 14.0. The summed E-state index contributed by atoms with van der Waals surface area (Å²) in [7, 11) is 0. The average Bonchev–Trinajstić information content (AvgIpc) is 2.85. The number of likely N-dealkylation sites (tertiary alicyclic amines) is 1. The van der Waals surface area contributed by atoms with Crippen LogP contribution >= 0.6 is 0 Å².